The lowest BCUT2D eigenvalue weighted by Gasteiger charge is -2.38. The van der Waals surface area contributed by atoms with Crippen LogP contribution in [0.5, 0.6) is 5.75 Å². The predicted molar refractivity (Wildman–Crippen MR) is 135 cm³/mol. The highest BCUT2D eigenvalue weighted by Gasteiger charge is 2.43. The van der Waals surface area contributed by atoms with Crippen molar-refractivity contribution in [2.24, 2.45) is 0 Å². The number of carbonyl (C=O) groups excluding carboxylic acids is 3. The van der Waals surface area contributed by atoms with E-state index in [2.05, 4.69) is 40.5 Å². The summed E-state index contributed by atoms with van der Waals surface area (Å²) >= 11 is 0. The van der Waals surface area contributed by atoms with Crippen LogP contribution in [-0.2, 0) is 28.0 Å². The van der Waals surface area contributed by atoms with Crippen molar-refractivity contribution in [2.45, 2.75) is 62.9 Å². The largest absolute Gasteiger partial charge is 0.492 e. The molecule has 1 spiro atoms. The molecule has 4 heterocycles. The first-order valence-electron chi connectivity index (χ1n) is 13.2. The average Bonchev–Trinajstić information content (AvgIpc) is 3.42. The number of amides is 3. The Morgan fingerprint density at radius 1 is 1.00 bits per heavy atom. The van der Waals surface area contributed by atoms with E-state index in [0.717, 1.165) is 69.7 Å². The number of benzene rings is 2. The minimum atomic E-state index is -0.560. The fraction of sp³-hybridized carbons (Fsp3) is 0.483. The van der Waals surface area contributed by atoms with E-state index in [1.165, 1.54) is 11.1 Å². The van der Waals surface area contributed by atoms with Gasteiger partial charge in [-0.05, 0) is 81.4 Å². The number of hydrogen-bond acceptors (Lipinski definition) is 5. The first kappa shape index (κ1) is 23.2. The third-order valence-electron chi connectivity index (χ3n) is 8.63. The van der Waals surface area contributed by atoms with E-state index in [1.807, 2.05) is 12.1 Å². The number of rotatable bonds is 6. The maximum atomic E-state index is 13.0. The molecule has 2 aromatic rings. The molecule has 36 heavy (non-hydrogen) atoms. The zero-order chi connectivity index (χ0) is 24.7. The van der Waals surface area contributed by atoms with E-state index >= 15 is 0 Å². The summed E-state index contributed by atoms with van der Waals surface area (Å²) in [4.78, 5) is 41.1. The number of nitrogens with one attached hydrogen (secondary N) is 1. The van der Waals surface area contributed by atoms with E-state index in [1.54, 1.807) is 4.90 Å². The fourth-order valence-corrected chi connectivity index (χ4v) is 6.48. The number of carbonyl (C=O) groups is 3. The number of likely N-dealkylation sites (tertiary alicyclic amines) is 1. The van der Waals surface area contributed by atoms with Crippen LogP contribution in [-0.4, -0.2) is 59.8 Å². The predicted octanol–water partition coefficient (Wildman–Crippen LogP) is 3.20. The molecule has 7 nitrogen and oxygen atoms in total. The Bertz CT molecular complexity index is 1200. The molecule has 0 saturated carbocycles. The number of fused-ring (bicyclic) bond motifs is 3. The van der Waals surface area contributed by atoms with Crippen LogP contribution in [0.1, 0.15) is 65.6 Å². The Morgan fingerprint density at radius 2 is 1.83 bits per heavy atom. The first-order valence-corrected chi connectivity index (χ1v) is 13.2. The number of unbranched alkanes of at least 4 members (excludes halogenated alkanes) is 1. The van der Waals surface area contributed by atoms with Gasteiger partial charge in [-0.25, -0.2) is 0 Å². The maximum absolute atomic E-state index is 13.0. The standard InChI is InChI=1S/C29H33N3O4/c33-26-12-11-24(27(34)30-26)32-18-22-20(7-5-8-21(22)28(32)35)6-3-4-15-31-16-13-29(14-17-31)19-36-25-10-2-1-9-23(25)29/h1-2,5,7-10,24H,3-4,6,11-19H2,(H,30,33,34). The van der Waals surface area contributed by atoms with E-state index in [0.29, 0.717) is 18.5 Å². The van der Waals surface area contributed by atoms with Crippen LogP contribution >= 0.6 is 0 Å². The van der Waals surface area contributed by atoms with Crippen LogP contribution in [0.2, 0.25) is 0 Å². The van der Waals surface area contributed by atoms with Crippen LogP contribution in [0.15, 0.2) is 42.5 Å². The molecular formula is C29H33N3O4. The van der Waals surface area contributed by atoms with Gasteiger partial charge in [0.05, 0.1) is 6.61 Å². The van der Waals surface area contributed by atoms with E-state index in [4.69, 9.17) is 4.74 Å². The third kappa shape index (κ3) is 4.09. The second kappa shape index (κ2) is 9.36. The minimum Gasteiger partial charge on any atom is -0.492 e. The Labute approximate surface area is 211 Å². The minimum absolute atomic E-state index is 0.0962. The van der Waals surface area contributed by atoms with E-state index in [-0.39, 0.29) is 29.6 Å². The zero-order valence-corrected chi connectivity index (χ0v) is 20.6. The van der Waals surface area contributed by atoms with Gasteiger partial charge in [-0.1, -0.05) is 30.3 Å². The summed E-state index contributed by atoms with van der Waals surface area (Å²) in [5.74, 6) is 0.355. The van der Waals surface area contributed by atoms with Crippen molar-refractivity contribution in [2.75, 3.05) is 26.2 Å². The molecule has 2 fully saturated rings. The van der Waals surface area contributed by atoms with Gasteiger partial charge >= 0.3 is 0 Å². The molecule has 0 aromatic heterocycles. The van der Waals surface area contributed by atoms with Crippen molar-refractivity contribution in [3.05, 3.63) is 64.7 Å². The van der Waals surface area contributed by atoms with Gasteiger partial charge in [0.15, 0.2) is 0 Å². The molecule has 6 rings (SSSR count). The van der Waals surface area contributed by atoms with Gasteiger partial charge in [0, 0.05) is 29.5 Å². The van der Waals surface area contributed by atoms with Crippen molar-refractivity contribution in [3.8, 4) is 5.75 Å². The third-order valence-corrected chi connectivity index (χ3v) is 8.63. The number of imide groups is 1. The number of para-hydroxylation sites is 1. The molecule has 188 valence electrons. The number of piperidine rings is 2. The Morgan fingerprint density at radius 3 is 2.67 bits per heavy atom. The van der Waals surface area contributed by atoms with Crippen LogP contribution < -0.4 is 10.1 Å². The lowest BCUT2D eigenvalue weighted by Crippen LogP contribution is -2.52. The van der Waals surface area contributed by atoms with Crippen molar-refractivity contribution >= 4 is 17.7 Å². The highest BCUT2D eigenvalue weighted by molar-refractivity contribution is 6.05. The molecule has 0 bridgehead atoms. The SMILES string of the molecule is O=C1CCC(N2Cc3c(CCCCN4CCC5(CC4)COc4ccccc45)cccc3C2=O)C(=O)N1. The first-order chi connectivity index (χ1) is 17.5. The summed E-state index contributed by atoms with van der Waals surface area (Å²) in [6, 6.07) is 13.9. The summed E-state index contributed by atoms with van der Waals surface area (Å²) in [6.07, 6.45) is 6.09. The van der Waals surface area contributed by atoms with Gasteiger partial charge < -0.3 is 14.5 Å². The fourth-order valence-electron chi connectivity index (χ4n) is 6.48. The number of nitrogens with zero attached hydrogens (tertiary/aromatic N) is 2. The Kier molecular flexibility index (Phi) is 6.04. The van der Waals surface area contributed by atoms with Crippen molar-refractivity contribution in [1.82, 2.24) is 15.1 Å². The summed E-state index contributed by atoms with van der Waals surface area (Å²) in [5, 5.41) is 2.38. The van der Waals surface area contributed by atoms with Crippen molar-refractivity contribution < 1.29 is 19.1 Å². The highest BCUT2D eigenvalue weighted by Crippen LogP contribution is 2.45. The molecule has 0 aliphatic carbocycles. The molecular weight excluding hydrogens is 454 g/mol. The number of hydrogen-bond donors (Lipinski definition) is 1. The number of ether oxygens (including phenoxy) is 1. The number of aryl methyl sites for hydroxylation is 1. The van der Waals surface area contributed by atoms with E-state index in [9.17, 15) is 14.4 Å². The molecule has 3 amide bonds. The zero-order valence-electron chi connectivity index (χ0n) is 20.6. The van der Waals surface area contributed by atoms with Crippen LogP contribution in [0, 0.1) is 0 Å². The van der Waals surface area contributed by atoms with Crippen molar-refractivity contribution in [1.29, 1.82) is 0 Å². The lowest BCUT2D eigenvalue weighted by atomic mass is 9.74. The highest BCUT2D eigenvalue weighted by atomic mass is 16.5. The van der Waals surface area contributed by atoms with E-state index < -0.39 is 6.04 Å². The van der Waals surface area contributed by atoms with Crippen LogP contribution in [0.4, 0.5) is 0 Å². The van der Waals surface area contributed by atoms with Gasteiger partial charge in [0.25, 0.3) is 5.91 Å². The normalized spacial score (nSPS) is 22.9. The quantitative estimate of drug-likeness (QED) is 0.500. The second-order valence-electron chi connectivity index (χ2n) is 10.7. The van der Waals surface area contributed by atoms with Crippen molar-refractivity contribution in [3.63, 3.8) is 0 Å². The summed E-state index contributed by atoms with van der Waals surface area (Å²) in [6.45, 7) is 4.57. The lowest BCUT2D eigenvalue weighted by molar-refractivity contribution is -0.136. The topological polar surface area (TPSA) is 79.0 Å². The Hall–Kier alpha value is -3.19. The van der Waals surface area contributed by atoms with Gasteiger partial charge in [-0.15, -0.1) is 0 Å². The van der Waals surface area contributed by atoms with Crippen LogP contribution in [0.25, 0.3) is 0 Å². The molecule has 1 N–H and O–H groups in total. The summed E-state index contributed by atoms with van der Waals surface area (Å²) in [7, 11) is 0. The van der Waals surface area contributed by atoms with Gasteiger partial charge in [0.1, 0.15) is 11.8 Å². The van der Waals surface area contributed by atoms with Gasteiger partial charge in [0.2, 0.25) is 11.8 Å². The molecule has 1 atom stereocenters. The Balaban J connectivity index is 1.01. The molecule has 2 saturated heterocycles. The smallest absolute Gasteiger partial charge is 0.255 e. The molecule has 7 heteroatoms. The molecule has 4 aliphatic heterocycles. The molecule has 0 radical (unpaired) electrons. The molecule has 4 aliphatic rings. The summed E-state index contributed by atoms with van der Waals surface area (Å²) in [5.41, 5.74) is 4.54. The second-order valence-corrected chi connectivity index (χ2v) is 10.7. The van der Waals surface area contributed by atoms with Gasteiger partial charge in [-0.3, -0.25) is 19.7 Å². The summed E-state index contributed by atoms with van der Waals surface area (Å²) < 4.78 is 5.99. The molecule has 1 unspecified atom stereocenters. The van der Waals surface area contributed by atoms with Crippen LogP contribution in [0.3, 0.4) is 0 Å². The molecule has 2 aromatic carbocycles. The average molecular weight is 488 g/mol. The van der Waals surface area contributed by atoms with Gasteiger partial charge in [-0.2, -0.15) is 0 Å². The maximum Gasteiger partial charge on any atom is 0.255 e. The monoisotopic (exact) mass is 487 g/mol.